The van der Waals surface area contributed by atoms with E-state index in [0.29, 0.717) is 17.1 Å². The SMILES string of the molecule is CC(=O)N1CC(C(=O)Nc2cccc(-c3nnc4n3CCCCC4)c2)Oc2ccccc21. The lowest BCUT2D eigenvalue weighted by Crippen LogP contribution is -2.48. The molecule has 0 saturated carbocycles. The first-order chi connectivity index (χ1) is 15.6. The third-order valence-corrected chi connectivity index (χ3v) is 5.94. The average molecular weight is 431 g/mol. The summed E-state index contributed by atoms with van der Waals surface area (Å²) in [6, 6.07) is 14.8. The van der Waals surface area contributed by atoms with E-state index in [0.717, 1.165) is 43.0 Å². The van der Waals surface area contributed by atoms with Crippen molar-refractivity contribution < 1.29 is 14.3 Å². The van der Waals surface area contributed by atoms with Crippen LogP contribution in [0, 0.1) is 0 Å². The Labute approximate surface area is 186 Å². The quantitative estimate of drug-likeness (QED) is 0.686. The standard InChI is InChI=1S/C24H25N5O3/c1-16(30)29-15-21(32-20-11-5-4-10-19(20)29)24(31)25-18-9-7-8-17(14-18)23-27-26-22-12-3-2-6-13-28(22)23/h4-5,7-11,14,21H,2-3,6,12-13,15H2,1H3,(H,25,31). The fourth-order valence-electron chi connectivity index (χ4n) is 4.33. The summed E-state index contributed by atoms with van der Waals surface area (Å²) >= 11 is 0. The number of fused-ring (bicyclic) bond motifs is 2. The van der Waals surface area contributed by atoms with Crippen LogP contribution in [-0.4, -0.2) is 39.2 Å². The minimum absolute atomic E-state index is 0.131. The number of nitrogens with one attached hydrogen (secondary N) is 1. The molecular weight excluding hydrogens is 406 g/mol. The molecule has 1 aromatic heterocycles. The van der Waals surface area contributed by atoms with Gasteiger partial charge in [0.15, 0.2) is 11.9 Å². The van der Waals surface area contributed by atoms with Crippen molar-refractivity contribution in [1.82, 2.24) is 14.8 Å². The van der Waals surface area contributed by atoms with E-state index in [1.807, 2.05) is 42.5 Å². The van der Waals surface area contributed by atoms with Gasteiger partial charge in [0.2, 0.25) is 5.91 Å². The van der Waals surface area contributed by atoms with Crippen LogP contribution in [0.25, 0.3) is 11.4 Å². The molecule has 2 amide bonds. The predicted molar refractivity (Wildman–Crippen MR) is 121 cm³/mol. The van der Waals surface area contributed by atoms with E-state index in [1.54, 1.807) is 11.0 Å². The number of benzene rings is 2. The highest BCUT2D eigenvalue weighted by Crippen LogP contribution is 2.33. The molecule has 3 aromatic rings. The number of aromatic nitrogens is 3. The van der Waals surface area contributed by atoms with Gasteiger partial charge in [-0.3, -0.25) is 9.59 Å². The summed E-state index contributed by atoms with van der Waals surface area (Å²) in [5, 5.41) is 11.7. The zero-order valence-corrected chi connectivity index (χ0v) is 18.0. The molecule has 2 aliphatic heterocycles. The van der Waals surface area contributed by atoms with Crippen LogP contribution in [0.4, 0.5) is 11.4 Å². The van der Waals surface area contributed by atoms with Crippen LogP contribution in [0.3, 0.4) is 0 Å². The van der Waals surface area contributed by atoms with Crippen molar-refractivity contribution in [2.24, 2.45) is 0 Å². The molecule has 5 rings (SSSR count). The van der Waals surface area contributed by atoms with Crippen LogP contribution in [-0.2, 0) is 22.6 Å². The Hall–Kier alpha value is -3.68. The Bertz CT molecular complexity index is 1170. The van der Waals surface area contributed by atoms with E-state index >= 15 is 0 Å². The van der Waals surface area contributed by atoms with Crippen molar-refractivity contribution in [1.29, 1.82) is 0 Å². The number of ether oxygens (including phenoxy) is 1. The molecule has 0 fully saturated rings. The zero-order valence-electron chi connectivity index (χ0n) is 18.0. The van der Waals surface area contributed by atoms with Gasteiger partial charge in [-0.1, -0.05) is 30.7 Å². The van der Waals surface area contributed by atoms with Crippen LogP contribution < -0.4 is 15.0 Å². The monoisotopic (exact) mass is 431 g/mol. The molecule has 3 heterocycles. The van der Waals surface area contributed by atoms with Crippen LogP contribution in [0.1, 0.15) is 32.0 Å². The lowest BCUT2D eigenvalue weighted by Gasteiger charge is -2.33. The summed E-state index contributed by atoms with van der Waals surface area (Å²) in [7, 11) is 0. The van der Waals surface area contributed by atoms with E-state index in [-0.39, 0.29) is 18.4 Å². The third kappa shape index (κ3) is 3.84. The minimum Gasteiger partial charge on any atom is -0.476 e. The van der Waals surface area contributed by atoms with Gasteiger partial charge >= 0.3 is 0 Å². The maximum absolute atomic E-state index is 13.0. The molecule has 8 nitrogen and oxygen atoms in total. The van der Waals surface area contributed by atoms with Crippen molar-refractivity contribution in [3.05, 3.63) is 54.4 Å². The van der Waals surface area contributed by atoms with Crippen molar-refractivity contribution >= 4 is 23.2 Å². The Balaban J connectivity index is 1.36. The number of carbonyl (C=O) groups is 2. The molecule has 1 unspecified atom stereocenters. The van der Waals surface area contributed by atoms with Crippen LogP contribution >= 0.6 is 0 Å². The van der Waals surface area contributed by atoms with Crippen molar-refractivity contribution in [2.45, 2.75) is 45.3 Å². The average Bonchev–Trinajstić information content (AvgIpc) is 3.06. The van der Waals surface area contributed by atoms with Gasteiger partial charge in [0.25, 0.3) is 5.91 Å². The minimum atomic E-state index is -0.804. The number of nitrogens with zero attached hydrogens (tertiary/aromatic N) is 4. The summed E-state index contributed by atoms with van der Waals surface area (Å²) in [6.07, 6.45) is 3.58. The number of aryl methyl sites for hydroxylation is 1. The molecule has 0 bridgehead atoms. The molecule has 0 saturated heterocycles. The van der Waals surface area contributed by atoms with E-state index < -0.39 is 6.10 Å². The third-order valence-electron chi connectivity index (χ3n) is 5.94. The molecule has 32 heavy (non-hydrogen) atoms. The molecule has 2 aromatic carbocycles. The lowest BCUT2D eigenvalue weighted by molar-refractivity contribution is -0.123. The highest BCUT2D eigenvalue weighted by Gasteiger charge is 2.32. The van der Waals surface area contributed by atoms with E-state index in [4.69, 9.17) is 4.74 Å². The topological polar surface area (TPSA) is 89.4 Å². The second-order valence-corrected chi connectivity index (χ2v) is 8.18. The van der Waals surface area contributed by atoms with Gasteiger partial charge in [0.1, 0.15) is 11.6 Å². The fraction of sp³-hybridized carbons (Fsp3) is 0.333. The molecule has 2 aliphatic rings. The van der Waals surface area contributed by atoms with Gasteiger partial charge in [-0.2, -0.15) is 0 Å². The number of para-hydroxylation sites is 2. The largest absolute Gasteiger partial charge is 0.476 e. The van der Waals surface area contributed by atoms with Gasteiger partial charge in [-0.05, 0) is 37.1 Å². The Kier molecular flexibility index (Phi) is 5.34. The molecular formula is C24H25N5O3. The second-order valence-electron chi connectivity index (χ2n) is 8.18. The van der Waals surface area contributed by atoms with E-state index in [9.17, 15) is 9.59 Å². The van der Waals surface area contributed by atoms with Crippen molar-refractivity contribution in [3.63, 3.8) is 0 Å². The maximum Gasteiger partial charge on any atom is 0.267 e. The number of rotatable bonds is 3. The van der Waals surface area contributed by atoms with Gasteiger partial charge in [-0.25, -0.2) is 0 Å². The maximum atomic E-state index is 13.0. The Morgan fingerprint density at radius 2 is 1.94 bits per heavy atom. The number of amides is 2. The summed E-state index contributed by atoms with van der Waals surface area (Å²) in [5.41, 5.74) is 2.23. The smallest absolute Gasteiger partial charge is 0.267 e. The van der Waals surface area contributed by atoms with Gasteiger partial charge in [0, 0.05) is 31.1 Å². The molecule has 1 N–H and O–H groups in total. The molecule has 0 spiro atoms. The molecule has 8 heteroatoms. The number of hydrogen-bond donors (Lipinski definition) is 1. The Morgan fingerprint density at radius 1 is 1.06 bits per heavy atom. The second kappa shape index (κ2) is 8.45. The molecule has 164 valence electrons. The van der Waals surface area contributed by atoms with Gasteiger partial charge < -0.3 is 19.5 Å². The van der Waals surface area contributed by atoms with Crippen LogP contribution in [0.15, 0.2) is 48.5 Å². The Morgan fingerprint density at radius 3 is 2.81 bits per heavy atom. The summed E-state index contributed by atoms with van der Waals surface area (Å²) in [6.45, 7) is 2.56. The van der Waals surface area contributed by atoms with Crippen molar-refractivity contribution in [3.8, 4) is 17.1 Å². The number of anilines is 2. The number of hydrogen-bond acceptors (Lipinski definition) is 5. The van der Waals surface area contributed by atoms with Crippen molar-refractivity contribution in [2.75, 3.05) is 16.8 Å². The zero-order chi connectivity index (χ0) is 22.1. The summed E-state index contributed by atoms with van der Waals surface area (Å²) < 4.78 is 8.09. The predicted octanol–water partition coefficient (Wildman–Crippen LogP) is 3.42. The van der Waals surface area contributed by atoms with Crippen LogP contribution in [0.2, 0.25) is 0 Å². The first-order valence-corrected chi connectivity index (χ1v) is 11.0. The summed E-state index contributed by atoms with van der Waals surface area (Å²) in [5.74, 6) is 1.93. The first-order valence-electron chi connectivity index (χ1n) is 11.0. The van der Waals surface area contributed by atoms with Gasteiger partial charge in [0.05, 0.1) is 12.2 Å². The fourth-order valence-corrected chi connectivity index (χ4v) is 4.33. The first kappa shape index (κ1) is 20.2. The van der Waals surface area contributed by atoms with E-state index in [2.05, 4.69) is 20.1 Å². The lowest BCUT2D eigenvalue weighted by atomic mass is 10.1. The van der Waals surface area contributed by atoms with Gasteiger partial charge in [-0.15, -0.1) is 10.2 Å². The highest BCUT2D eigenvalue weighted by atomic mass is 16.5. The highest BCUT2D eigenvalue weighted by molar-refractivity contribution is 5.99. The summed E-state index contributed by atoms with van der Waals surface area (Å²) in [4.78, 5) is 26.7. The number of carbonyl (C=O) groups excluding carboxylic acids is 2. The molecule has 0 aliphatic carbocycles. The van der Waals surface area contributed by atoms with Crippen LogP contribution in [0.5, 0.6) is 5.75 Å². The molecule has 1 atom stereocenters. The normalized spacial score (nSPS) is 17.5. The molecule has 0 radical (unpaired) electrons. The van der Waals surface area contributed by atoms with E-state index in [1.165, 1.54) is 13.3 Å².